The van der Waals surface area contributed by atoms with Gasteiger partial charge in [-0.2, -0.15) is 0 Å². The molecule has 0 fully saturated rings. The molecule has 1 aromatic heterocycles. The van der Waals surface area contributed by atoms with Gasteiger partial charge in [0.05, 0.1) is 24.7 Å². The maximum Gasteiger partial charge on any atom is 0.136 e. The van der Waals surface area contributed by atoms with Crippen LogP contribution in [-0.4, -0.2) is 25.7 Å². The molecule has 4 rings (SSSR count). The van der Waals surface area contributed by atoms with Gasteiger partial charge in [-0.3, -0.25) is 0 Å². The number of nitrogens with one attached hydrogen (secondary N) is 2. The van der Waals surface area contributed by atoms with Gasteiger partial charge < -0.3 is 19.8 Å². The van der Waals surface area contributed by atoms with Crippen molar-refractivity contribution in [2.24, 2.45) is 0 Å². The maximum atomic E-state index is 13.7. The Balaban J connectivity index is 1.89. The maximum absolute atomic E-state index is 13.7. The van der Waals surface area contributed by atoms with E-state index in [1.54, 1.807) is 26.4 Å². The molecule has 4 nitrogen and oxygen atoms in total. The molecular weight excluding hydrogens is 387 g/mol. The topological polar surface area (TPSA) is 46.3 Å². The lowest BCUT2D eigenvalue weighted by Crippen LogP contribution is -2.30. The van der Waals surface area contributed by atoms with Gasteiger partial charge >= 0.3 is 0 Å². The second kappa shape index (κ2) is 6.35. The van der Waals surface area contributed by atoms with Gasteiger partial charge in [-0.1, -0.05) is 0 Å². The number of aromatic amines is 1. The predicted octanol–water partition coefficient (Wildman–Crippen LogP) is 4.32. The van der Waals surface area contributed by atoms with E-state index < -0.39 is 0 Å². The SMILES string of the molecule is COc1cc(OC)c(C2NCCc3c2[nH]c2ccc(F)cc32)cc1Br. The van der Waals surface area contributed by atoms with E-state index >= 15 is 0 Å². The number of fused-ring (bicyclic) bond motifs is 3. The predicted molar refractivity (Wildman–Crippen MR) is 99.1 cm³/mol. The summed E-state index contributed by atoms with van der Waals surface area (Å²) in [6.45, 7) is 0.813. The largest absolute Gasteiger partial charge is 0.496 e. The summed E-state index contributed by atoms with van der Waals surface area (Å²) in [5.41, 5.74) is 4.17. The van der Waals surface area contributed by atoms with Crippen LogP contribution in [0.25, 0.3) is 10.9 Å². The van der Waals surface area contributed by atoms with Crippen molar-refractivity contribution in [2.45, 2.75) is 12.5 Å². The van der Waals surface area contributed by atoms with E-state index in [0.29, 0.717) is 0 Å². The van der Waals surface area contributed by atoms with Crippen LogP contribution in [-0.2, 0) is 6.42 Å². The highest BCUT2D eigenvalue weighted by atomic mass is 79.9. The van der Waals surface area contributed by atoms with Crippen LogP contribution in [0.4, 0.5) is 4.39 Å². The Bertz CT molecular complexity index is 954. The summed E-state index contributed by atoms with van der Waals surface area (Å²) < 4.78 is 25.5. The van der Waals surface area contributed by atoms with Crippen LogP contribution in [0.5, 0.6) is 11.5 Å². The molecule has 0 saturated carbocycles. The monoisotopic (exact) mass is 404 g/mol. The Hall–Kier alpha value is -2.05. The molecule has 1 aliphatic rings. The minimum absolute atomic E-state index is 0.0589. The third kappa shape index (κ3) is 2.69. The molecule has 3 aromatic rings. The number of hydrogen-bond donors (Lipinski definition) is 2. The first-order valence-electron chi connectivity index (χ1n) is 8.07. The van der Waals surface area contributed by atoms with E-state index in [4.69, 9.17) is 9.47 Å². The van der Waals surface area contributed by atoms with E-state index in [2.05, 4.69) is 26.2 Å². The molecule has 1 unspecified atom stereocenters. The standard InChI is InChI=1S/C19H18BrFN2O2/c1-24-16-9-17(25-2)14(20)8-13(16)18-19-11(5-6-22-18)12-7-10(21)3-4-15(12)23-19/h3-4,7-9,18,22-23H,5-6H2,1-2H3. The van der Waals surface area contributed by atoms with Crippen molar-refractivity contribution in [3.63, 3.8) is 0 Å². The highest BCUT2D eigenvalue weighted by Gasteiger charge is 2.28. The van der Waals surface area contributed by atoms with E-state index in [0.717, 1.165) is 56.7 Å². The van der Waals surface area contributed by atoms with Crippen LogP contribution in [0.2, 0.25) is 0 Å². The molecule has 0 radical (unpaired) electrons. The van der Waals surface area contributed by atoms with Gasteiger partial charge in [0.15, 0.2) is 0 Å². The zero-order valence-electron chi connectivity index (χ0n) is 14.0. The van der Waals surface area contributed by atoms with Crippen molar-refractivity contribution in [1.29, 1.82) is 0 Å². The van der Waals surface area contributed by atoms with Crippen molar-refractivity contribution >= 4 is 26.8 Å². The molecule has 0 saturated heterocycles. The smallest absolute Gasteiger partial charge is 0.136 e. The zero-order valence-corrected chi connectivity index (χ0v) is 15.5. The second-order valence-electron chi connectivity index (χ2n) is 6.07. The van der Waals surface area contributed by atoms with Gasteiger partial charge in [0, 0.05) is 34.8 Å². The van der Waals surface area contributed by atoms with E-state index in [1.165, 1.54) is 6.07 Å². The van der Waals surface area contributed by atoms with Crippen LogP contribution in [0.15, 0.2) is 34.8 Å². The summed E-state index contributed by atoms with van der Waals surface area (Å²) >= 11 is 3.55. The van der Waals surface area contributed by atoms with Crippen LogP contribution in [0.3, 0.4) is 0 Å². The number of ether oxygens (including phenoxy) is 2. The van der Waals surface area contributed by atoms with Gasteiger partial charge in [-0.05, 0) is 52.2 Å². The highest BCUT2D eigenvalue weighted by molar-refractivity contribution is 9.10. The first-order valence-corrected chi connectivity index (χ1v) is 8.86. The average molecular weight is 405 g/mol. The molecule has 0 bridgehead atoms. The highest BCUT2D eigenvalue weighted by Crippen LogP contribution is 2.41. The molecule has 2 heterocycles. The lowest BCUT2D eigenvalue weighted by Gasteiger charge is -2.26. The Morgan fingerprint density at radius 1 is 1.12 bits per heavy atom. The molecule has 0 spiro atoms. The molecule has 2 N–H and O–H groups in total. The molecule has 130 valence electrons. The first kappa shape index (κ1) is 16.4. The lowest BCUT2D eigenvalue weighted by molar-refractivity contribution is 0.384. The van der Waals surface area contributed by atoms with Crippen LogP contribution in [0, 0.1) is 5.82 Å². The average Bonchev–Trinajstić information content (AvgIpc) is 2.99. The summed E-state index contributed by atoms with van der Waals surface area (Å²) in [6, 6.07) is 8.71. The Morgan fingerprint density at radius 2 is 1.92 bits per heavy atom. The molecule has 0 aliphatic carbocycles. The van der Waals surface area contributed by atoms with Gasteiger partial charge in [0.1, 0.15) is 17.3 Å². The van der Waals surface area contributed by atoms with Crippen molar-refractivity contribution < 1.29 is 13.9 Å². The first-order chi connectivity index (χ1) is 12.1. The number of benzene rings is 2. The summed E-state index contributed by atoms with van der Waals surface area (Å²) in [4.78, 5) is 3.46. The third-order valence-electron chi connectivity index (χ3n) is 4.73. The molecule has 25 heavy (non-hydrogen) atoms. The van der Waals surface area contributed by atoms with E-state index in [9.17, 15) is 4.39 Å². The van der Waals surface area contributed by atoms with Gasteiger partial charge in [-0.25, -0.2) is 4.39 Å². The molecular formula is C19H18BrFN2O2. The Morgan fingerprint density at radius 3 is 2.68 bits per heavy atom. The van der Waals surface area contributed by atoms with Gasteiger partial charge in [0.2, 0.25) is 0 Å². The molecule has 6 heteroatoms. The van der Waals surface area contributed by atoms with E-state index in [1.807, 2.05) is 12.1 Å². The van der Waals surface area contributed by atoms with E-state index in [-0.39, 0.29) is 11.9 Å². The summed E-state index contributed by atoms with van der Waals surface area (Å²) in [7, 11) is 3.28. The molecule has 0 amide bonds. The van der Waals surface area contributed by atoms with Gasteiger partial charge in [-0.15, -0.1) is 0 Å². The van der Waals surface area contributed by atoms with Gasteiger partial charge in [0.25, 0.3) is 0 Å². The summed E-state index contributed by atoms with van der Waals surface area (Å²) in [5, 5.41) is 4.49. The third-order valence-corrected chi connectivity index (χ3v) is 5.35. The zero-order chi connectivity index (χ0) is 17.6. The Kier molecular flexibility index (Phi) is 4.17. The fraction of sp³-hybridized carbons (Fsp3) is 0.263. The lowest BCUT2D eigenvalue weighted by atomic mass is 9.93. The number of halogens is 2. The number of hydrogen-bond acceptors (Lipinski definition) is 3. The summed E-state index contributed by atoms with van der Waals surface area (Å²) in [5.74, 6) is 1.25. The minimum Gasteiger partial charge on any atom is -0.496 e. The van der Waals surface area contributed by atoms with Crippen molar-refractivity contribution in [1.82, 2.24) is 10.3 Å². The van der Waals surface area contributed by atoms with Crippen LogP contribution >= 0.6 is 15.9 Å². The fourth-order valence-corrected chi connectivity index (χ4v) is 4.10. The second-order valence-corrected chi connectivity index (χ2v) is 6.93. The van der Waals surface area contributed by atoms with Crippen molar-refractivity contribution in [3.8, 4) is 11.5 Å². The quantitative estimate of drug-likeness (QED) is 0.682. The molecule has 1 aliphatic heterocycles. The number of H-pyrrole nitrogens is 1. The van der Waals surface area contributed by atoms with Crippen LogP contribution < -0.4 is 14.8 Å². The molecule has 1 atom stereocenters. The summed E-state index contributed by atoms with van der Waals surface area (Å²) in [6.07, 6.45) is 0.856. The fourth-order valence-electron chi connectivity index (χ4n) is 3.57. The van der Waals surface area contributed by atoms with Crippen LogP contribution in [0.1, 0.15) is 22.9 Å². The number of rotatable bonds is 3. The van der Waals surface area contributed by atoms with Crippen molar-refractivity contribution in [2.75, 3.05) is 20.8 Å². The number of aromatic nitrogens is 1. The molecule has 2 aromatic carbocycles. The number of methoxy groups -OCH3 is 2. The normalized spacial score (nSPS) is 16.7. The minimum atomic E-state index is -0.214. The Labute approximate surface area is 153 Å². The van der Waals surface area contributed by atoms with Crippen molar-refractivity contribution in [3.05, 3.63) is 57.4 Å².